The SMILES string of the molecule is C#CCCC(=O)C(=C)C. The maximum Gasteiger partial charge on any atom is 0.158 e. The van der Waals surface area contributed by atoms with Crippen LogP contribution in [-0.4, -0.2) is 5.78 Å². The summed E-state index contributed by atoms with van der Waals surface area (Å²) in [6, 6.07) is 0. The molecule has 0 aromatic rings. The van der Waals surface area contributed by atoms with Crippen LogP contribution in [0.1, 0.15) is 19.8 Å². The molecule has 0 aliphatic carbocycles. The van der Waals surface area contributed by atoms with Gasteiger partial charge in [-0.25, -0.2) is 0 Å². The maximum atomic E-state index is 10.7. The quantitative estimate of drug-likeness (QED) is 0.410. The van der Waals surface area contributed by atoms with Crippen molar-refractivity contribution in [2.75, 3.05) is 0 Å². The number of Topliss-reactive ketones (excluding diaryl/α,β-unsaturated/α-hetero) is 1. The van der Waals surface area contributed by atoms with E-state index in [-0.39, 0.29) is 5.78 Å². The van der Waals surface area contributed by atoms with E-state index in [1.807, 2.05) is 0 Å². The molecule has 0 saturated carbocycles. The molecule has 0 atom stereocenters. The molecule has 0 rings (SSSR count). The number of terminal acetylenes is 1. The monoisotopic (exact) mass is 122 g/mol. The van der Waals surface area contributed by atoms with Crippen molar-refractivity contribution < 1.29 is 4.79 Å². The highest BCUT2D eigenvalue weighted by Gasteiger charge is 1.98. The zero-order chi connectivity index (χ0) is 7.28. The zero-order valence-electron chi connectivity index (χ0n) is 5.61. The minimum Gasteiger partial charge on any atom is -0.295 e. The first kappa shape index (κ1) is 7.97. The normalized spacial score (nSPS) is 8.00. The van der Waals surface area contributed by atoms with Crippen molar-refractivity contribution in [3.63, 3.8) is 0 Å². The Morgan fingerprint density at radius 3 is 2.67 bits per heavy atom. The van der Waals surface area contributed by atoms with Crippen LogP contribution >= 0.6 is 0 Å². The fourth-order valence-electron chi connectivity index (χ4n) is 0.399. The van der Waals surface area contributed by atoms with Crippen molar-refractivity contribution in [2.45, 2.75) is 19.8 Å². The summed E-state index contributed by atoms with van der Waals surface area (Å²) >= 11 is 0. The first-order valence-corrected chi connectivity index (χ1v) is 2.80. The summed E-state index contributed by atoms with van der Waals surface area (Å²) in [7, 11) is 0. The van der Waals surface area contributed by atoms with Gasteiger partial charge in [0.05, 0.1) is 0 Å². The summed E-state index contributed by atoms with van der Waals surface area (Å²) in [5, 5.41) is 0. The average molecular weight is 122 g/mol. The molecule has 0 spiro atoms. The Labute approximate surface area is 55.8 Å². The van der Waals surface area contributed by atoms with Gasteiger partial charge in [-0.1, -0.05) is 6.58 Å². The topological polar surface area (TPSA) is 17.1 Å². The first-order chi connectivity index (χ1) is 4.18. The zero-order valence-corrected chi connectivity index (χ0v) is 5.61. The Balaban J connectivity index is 3.55. The van der Waals surface area contributed by atoms with E-state index in [2.05, 4.69) is 12.5 Å². The van der Waals surface area contributed by atoms with Gasteiger partial charge in [-0.05, 0) is 12.5 Å². The summed E-state index contributed by atoms with van der Waals surface area (Å²) in [6.07, 6.45) is 5.90. The van der Waals surface area contributed by atoms with Gasteiger partial charge in [0, 0.05) is 12.8 Å². The molecule has 0 bridgehead atoms. The van der Waals surface area contributed by atoms with Crippen LogP contribution in [0.3, 0.4) is 0 Å². The third-order valence-corrected chi connectivity index (χ3v) is 0.972. The molecule has 0 N–H and O–H groups in total. The third-order valence-electron chi connectivity index (χ3n) is 0.972. The van der Waals surface area contributed by atoms with Crippen LogP contribution in [0.4, 0.5) is 0 Å². The van der Waals surface area contributed by atoms with Gasteiger partial charge in [0.15, 0.2) is 5.78 Å². The van der Waals surface area contributed by atoms with E-state index in [1.165, 1.54) is 0 Å². The largest absolute Gasteiger partial charge is 0.295 e. The fraction of sp³-hybridized carbons (Fsp3) is 0.375. The van der Waals surface area contributed by atoms with Crippen LogP contribution in [0, 0.1) is 12.3 Å². The van der Waals surface area contributed by atoms with Crippen molar-refractivity contribution in [3.8, 4) is 12.3 Å². The van der Waals surface area contributed by atoms with E-state index in [0.29, 0.717) is 18.4 Å². The molecule has 0 aromatic heterocycles. The van der Waals surface area contributed by atoms with Crippen LogP contribution in [0.2, 0.25) is 0 Å². The van der Waals surface area contributed by atoms with Gasteiger partial charge < -0.3 is 0 Å². The number of carbonyl (C=O) groups excluding carboxylic acids is 1. The van der Waals surface area contributed by atoms with Gasteiger partial charge in [0.25, 0.3) is 0 Å². The van der Waals surface area contributed by atoms with Gasteiger partial charge in [0.1, 0.15) is 0 Å². The second kappa shape index (κ2) is 3.91. The lowest BCUT2D eigenvalue weighted by Gasteiger charge is -1.91. The summed E-state index contributed by atoms with van der Waals surface area (Å²) < 4.78 is 0. The van der Waals surface area contributed by atoms with E-state index in [1.54, 1.807) is 6.92 Å². The molecule has 0 fully saturated rings. The Hall–Kier alpha value is -1.03. The molecule has 0 heterocycles. The van der Waals surface area contributed by atoms with E-state index >= 15 is 0 Å². The van der Waals surface area contributed by atoms with E-state index in [4.69, 9.17) is 6.42 Å². The molecule has 0 aliphatic heterocycles. The van der Waals surface area contributed by atoms with Gasteiger partial charge in [-0.15, -0.1) is 12.3 Å². The Morgan fingerprint density at radius 1 is 1.78 bits per heavy atom. The summed E-state index contributed by atoms with van der Waals surface area (Å²) in [6.45, 7) is 5.18. The van der Waals surface area contributed by atoms with Crippen LogP contribution < -0.4 is 0 Å². The molecule has 0 radical (unpaired) electrons. The minimum absolute atomic E-state index is 0.0629. The molecule has 0 aromatic carbocycles. The van der Waals surface area contributed by atoms with Crippen LogP contribution in [0.15, 0.2) is 12.2 Å². The van der Waals surface area contributed by atoms with E-state index < -0.39 is 0 Å². The van der Waals surface area contributed by atoms with Crippen molar-refractivity contribution in [1.82, 2.24) is 0 Å². The summed E-state index contributed by atoms with van der Waals surface area (Å²) in [5.74, 6) is 2.45. The van der Waals surface area contributed by atoms with Gasteiger partial charge >= 0.3 is 0 Å². The maximum absolute atomic E-state index is 10.7. The Morgan fingerprint density at radius 2 is 2.33 bits per heavy atom. The van der Waals surface area contributed by atoms with Crippen molar-refractivity contribution in [3.05, 3.63) is 12.2 Å². The van der Waals surface area contributed by atoms with E-state index in [9.17, 15) is 4.79 Å². The Kier molecular flexibility index (Phi) is 3.46. The predicted molar refractivity (Wildman–Crippen MR) is 37.9 cm³/mol. The second-order valence-corrected chi connectivity index (χ2v) is 1.91. The highest BCUT2D eigenvalue weighted by Crippen LogP contribution is 1.96. The predicted octanol–water partition coefficient (Wildman–Crippen LogP) is 1.54. The average Bonchev–Trinajstić information content (AvgIpc) is 1.82. The molecular formula is C8H10O. The molecule has 0 aliphatic rings. The highest BCUT2D eigenvalue weighted by molar-refractivity contribution is 5.94. The Bertz CT molecular complexity index is 160. The molecule has 0 saturated heterocycles. The number of hydrogen-bond donors (Lipinski definition) is 0. The number of carbonyl (C=O) groups is 1. The molecule has 0 unspecified atom stereocenters. The fourth-order valence-corrected chi connectivity index (χ4v) is 0.399. The van der Waals surface area contributed by atoms with Crippen LogP contribution in [0.5, 0.6) is 0 Å². The third kappa shape index (κ3) is 3.54. The number of hydrogen-bond acceptors (Lipinski definition) is 1. The second-order valence-electron chi connectivity index (χ2n) is 1.91. The van der Waals surface area contributed by atoms with Gasteiger partial charge in [-0.3, -0.25) is 4.79 Å². The molecular weight excluding hydrogens is 112 g/mol. The standard InChI is InChI=1S/C8H10O/c1-4-5-6-8(9)7(2)3/h1H,2,5-6H2,3H3. The van der Waals surface area contributed by atoms with Crippen LogP contribution in [-0.2, 0) is 4.79 Å². The lowest BCUT2D eigenvalue weighted by molar-refractivity contribution is -0.115. The summed E-state index contributed by atoms with van der Waals surface area (Å²) in [4.78, 5) is 10.7. The van der Waals surface area contributed by atoms with Crippen molar-refractivity contribution >= 4 is 5.78 Å². The van der Waals surface area contributed by atoms with Crippen molar-refractivity contribution in [2.24, 2.45) is 0 Å². The first-order valence-electron chi connectivity index (χ1n) is 2.80. The summed E-state index contributed by atoms with van der Waals surface area (Å²) in [5.41, 5.74) is 0.588. The lowest BCUT2D eigenvalue weighted by Crippen LogP contribution is -1.96. The number of ketones is 1. The van der Waals surface area contributed by atoms with E-state index in [0.717, 1.165) is 0 Å². The smallest absolute Gasteiger partial charge is 0.158 e. The molecule has 9 heavy (non-hydrogen) atoms. The highest BCUT2D eigenvalue weighted by atomic mass is 16.1. The number of allylic oxidation sites excluding steroid dienone is 1. The minimum atomic E-state index is 0.0629. The number of rotatable bonds is 3. The molecule has 48 valence electrons. The van der Waals surface area contributed by atoms with Gasteiger partial charge in [-0.2, -0.15) is 0 Å². The molecule has 1 heteroatoms. The molecule has 1 nitrogen and oxygen atoms in total. The van der Waals surface area contributed by atoms with Gasteiger partial charge in [0.2, 0.25) is 0 Å². The van der Waals surface area contributed by atoms with Crippen molar-refractivity contribution in [1.29, 1.82) is 0 Å². The molecule has 0 amide bonds. The van der Waals surface area contributed by atoms with Crippen LogP contribution in [0.25, 0.3) is 0 Å². The lowest BCUT2D eigenvalue weighted by atomic mass is 10.1.